The van der Waals surface area contributed by atoms with Crippen LogP contribution in [0, 0.1) is 0 Å². The highest BCUT2D eigenvalue weighted by Gasteiger charge is 2.14. The van der Waals surface area contributed by atoms with E-state index in [9.17, 15) is 4.79 Å². The second kappa shape index (κ2) is 6.28. The van der Waals surface area contributed by atoms with Crippen LogP contribution in [-0.4, -0.2) is 24.0 Å². The minimum Gasteiger partial charge on any atom is -0.398 e. The Morgan fingerprint density at radius 2 is 1.83 bits per heavy atom. The molecule has 1 aliphatic rings. The van der Waals surface area contributed by atoms with E-state index in [0.29, 0.717) is 6.54 Å². The van der Waals surface area contributed by atoms with Crippen molar-refractivity contribution in [3.8, 4) is 0 Å². The monoisotopic (exact) mass is 247 g/mol. The molecule has 1 heterocycles. The van der Waals surface area contributed by atoms with Gasteiger partial charge in [-0.05, 0) is 24.5 Å². The molecule has 0 unspecified atom stereocenters. The fourth-order valence-electron chi connectivity index (χ4n) is 2.25. The van der Waals surface area contributed by atoms with Crippen LogP contribution in [0.2, 0.25) is 0 Å². The number of anilines is 1. The van der Waals surface area contributed by atoms with Gasteiger partial charge in [-0.25, -0.2) is 4.79 Å². The third-order valence-electron chi connectivity index (χ3n) is 3.38. The molecular formula is C14H21N3O. The van der Waals surface area contributed by atoms with Crippen LogP contribution in [0.4, 0.5) is 10.5 Å². The molecule has 1 aromatic carbocycles. The zero-order valence-electron chi connectivity index (χ0n) is 10.7. The first-order valence-corrected chi connectivity index (χ1v) is 6.63. The number of carbonyl (C=O) groups is 1. The van der Waals surface area contributed by atoms with Crippen molar-refractivity contribution in [2.75, 3.05) is 18.8 Å². The van der Waals surface area contributed by atoms with Gasteiger partial charge in [-0.1, -0.05) is 31.0 Å². The highest BCUT2D eigenvalue weighted by Crippen LogP contribution is 2.12. The van der Waals surface area contributed by atoms with Gasteiger partial charge < -0.3 is 16.0 Å². The summed E-state index contributed by atoms with van der Waals surface area (Å²) >= 11 is 0. The van der Waals surface area contributed by atoms with Gasteiger partial charge in [-0.3, -0.25) is 0 Å². The van der Waals surface area contributed by atoms with Crippen LogP contribution in [0.15, 0.2) is 24.3 Å². The number of para-hydroxylation sites is 1. The summed E-state index contributed by atoms with van der Waals surface area (Å²) in [6, 6.07) is 7.66. The predicted octanol–water partition coefficient (Wildman–Crippen LogP) is 2.35. The Hall–Kier alpha value is -1.71. The number of nitrogens with zero attached hydrogens (tertiary/aromatic N) is 1. The smallest absolute Gasteiger partial charge is 0.317 e. The molecule has 1 aromatic rings. The lowest BCUT2D eigenvalue weighted by Gasteiger charge is -2.21. The standard InChI is InChI=1S/C14H21N3O/c15-13-8-4-3-7-12(13)11-16-14(18)17-9-5-1-2-6-10-17/h3-4,7-8H,1-2,5-6,9-11,15H2,(H,16,18). The maximum absolute atomic E-state index is 12.0. The van der Waals surface area contributed by atoms with Crippen LogP contribution in [0.25, 0.3) is 0 Å². The minimum atomic E-state index is 0.0279. The van der Waals surface area contributed by atoms with E-state index in [1.165, 1.54) is 12.8 Å². The zero-order chi connectivity index (χ0) is 12.8. The van der Waals surface area contributed by atoms with Crippen molar-refractivity contribution >= 4 is 11.7 Å². The van der Waals surface area contributed by atoms with Gasteiger partial charge in [0.2, 0.25) is 0 Å². The molecule has 1 aliphatic heterocycles. The first kappa shape index (κ1) is 12.7. The van der Waals surface area contributed by atoms with Gasteiger partial charge >= 0.3 is 6.03 Å². The third kappa shape index (κ3) is 3.39. The lowest BCUT2D eigenvalue weighted by molar-refractivity contribution is 0.199. The highest BCUT2D eigenvalue weighted by molar-refractivity contribution is 5.74. The Kier molecular flexibility index (Phi) is 4.45. The Morgan fingerprint density at radius 3 is 2.50 bits per heavy atom. The fourth-order valence-corrected chi connectivity index (χ4v) is 2.25. The summed E-state index contributed by atoms with van der Waals surface area (Å²) in [6.07, 6.45) is 4.69. The Bertz CT molecular complexity index is 398. The lowest BCUT2D eigenvalue weighted by Crippen LogP contribution is -2.40. The van der Waals surface area contributed by atoms with E-state index in [1.807, 2.05) is 29.2 Å². The van der Waals surface area contributed by atoms with Crippen LogP contribution in [0.1, 0.15) is 31.2 Å². The molecule has 2 amide bonds. The maximum atomic E-state index is 12.0. The summed E-state index contributed by atoms with van der Waals surface area (Å²) in [6.45, 7) is 2.24. The second-order valence-corrected chi connectivity index (χ2v) is 4.76. The number of hydrogen-bond acceptors (Lipinski definition) is 2. The molecule has 4 nitrogen and oxygen atoms in total. The van der Waals surface area contributed by atoms with Crippen molar-refractivity contribution in [2.45, 2.75) is 32.2 Å². The molecule has 0 bridgehead atoms. The molecule has 1 saturated heterocycles. The number of nitrogens with one attached hydrogen (secondary N) is 1. The molecule has 0 aliphatic carbocycles. The number of likely N-dealkylation sites (tertiary alicyclic amines) is 1. The average Bonchev–Trinajstić information content (AvgIpc) is 2.66. The number of benzene rings is 1. The molecule has 0 atom stereocenters. The molecule has 98 valence electrons. The normalized spacial score (nSPS) is 16.1. The van der Waals surface area contributed by atoms with E-state index < -0.39 is 0 Å². The Balaban J connectivity index is 1.86. The van der Waals surface area contributed by atoms with Gasteiger partial charge in [0, 0.05) is 25.3 Å². The van der Waals surface area contributed by atoms with Crippen LogP contribution >= 0.6 is 0 Å². The van der Waals surface area contributed by atoms with E-state index in [4.69, 9.17) is 5.73 Å². The van der Waals surface area contributed by atoms with Crippen LogP contribution in [0.3, 0.4) is 0 Å². The number of urea groups is 1. The minimum absolute atomic E-state index is 0.0279. The number of nitrogen functional groups attached to an aromatic ring is 1. The number of hydrogen-bond donors (Lipinski definition) is 2. The van der Waals surface area contributed by atoms with Crippen LogP contribution in [0.5, 0.6) is 0 Å². The van der Waals surface area contributed by atoms with Crippen molar-refractivity contribution in [1.82, 2.24) is 10.2 Å². The summed E-state index contributed by atoms with van der Waals surface area (Å²) in [5.41, 5.74) is 7.55. The molecular weight excluding hydrogens is 226 g/mol. The van der Waals surface area contributed by atoms with Gasteiger partial charge in [-0.2, -0.15) is 0 Å². The first-order chi connectivity index (χ1) is 8.77. The van der Waals surface area contributed by atoms with Gasteiger partial charge in [0.25, 0.3) is 0 Å². The van der Waals surface area contributed by atoms with Crippen molar-refractivity contribution in [3.05, 3.63) is 29.8 Å². The fraction of sp³-hybridized carbons (Fsp3) is 0.500. The lowest BCUT2D eigenvalue weighted by atomic mass is 10.2. The Morgan fingerprint density at radius 1 is 1.17 bits per heavy atom. The average molecular weight is 247 g/mol. The SMILES string of the molecule is Nc1ccccc1CNC(=O)N1CCCCCC1. The van der Waals surface area contributed by atoms with Crippen LogP contribution < -0.4 is 11.1 Å². The maximum Gasteiger partial charge on any atom is 0.317 e. The highest BCUT2D eigenvalue weighted by atomic mass is 16.2. The molecule has 0 spiro atoms. The van der Waals surface area contributed by atoms with Crippen molar-refractivity contribution in [1.29, 1.82) is 0 Å². The summed E-state index contributed by atoms with van der Waals surface area (Å²) < 4.78 is 0. The molecule has 0 aromatic heterocycles. The first-order valence-electron chi connectivity index (χ1n) is 6.63. The number of rotatable bonds is 2. The molecule has 3 N–H and O–H groups in total. The van der Waals surface area contributed by atoms with Crippen molar-refractivity contribution < 1.29 is 4.79 Å². The van der Waals surface area contributed by atoms with E-state index in [-0.39, 0.29) is 6.03 Å². The van der Waals surface area contributed by atoms with Crippen molar-refractivity contribution in [3.63, 3.8) is 0 Å². The molecule has 2 rings (SSSR count). The van der Waals surface area contributed by atoms with E-state index in [0.717, 1.165) is 37.2 Å². The number of carbonyl (C=O) groups excluding carboxylic acids is 1. The van der Waals surface area contributed by atoms with E-state index in [1.54, 1.807) is 0 Å². The summed E-state index contributed by atoms with van der Waals surface area (Å²) in [4.78, 5) is 13.9. The van der Waals surface area contributed by atoms with Gasteiger partial charge in [0.05, 0.1) is 0 Å². The third-order valence-corrected chi connectivity index (χ3v) is 3.38. The number of amides is 2. The van der Waals surface area contributed by atoms with E-state index >= 15 is 0 Å². The van der Waals surface area contributed by atoms with Crippen molar-refractivity contribution in [2.24, 2.45) is 0 Å². The van der Waals surface area contributed by atoms with Gasteiger partial charge in [-0.15, -0.1) is 0 Å². The van der Waals surface area contributed by atoms with E-state index in [2.05, 4.69) is 5.32 Å². The topological polar surface area (TPSA) is 58.4 Å². The molecule has 0 saturated carbocycles. The molecule has 1 fully saturated rings. The molecule has 0 radical (unpaired) electrons. The summed E-state index contributed by atoms with van der Waals surface area (Å²) in [5.74, 6) is 0. The predicted molar refractivity (Wildman–Crippen MR) is 73.1 cm³/mol. The summed E-state index contributed by atoms with van der Waals surface area (Å²) in [7, 11) is 0. The second-order valence-electron chi connectivity index (χ2n) is 4.76. The summed E-state index contributed by atoms with van der Waals surface area (Å²) in [5, 5.41) is 2.94. The van der Waals surface area contributed by atoms with Gasteiger partial charge in [0.1, 0.15) is 0 Å². The molecule has 18 heavy (non-hydrogen) atoms. The largest absolute Gasteiger partial charge is 0.398 e. The van der Waals surface area contributed by atoms with Crippen LogP contribution in [-0.2, 0) is 6.54 Å². The quantitative estimate of drug-likeness (QED) is 0.788. The Labute approximate surface area is 108 Å². The van der Waals surface area contributed by atoms with Gasteiger partial charge in [0.15, 0.2) is 0 Å². The molecule has 4 heteroatoms. The number of nitrogens with two attached hydrogens (primary N) is 1. The zero-order valence-corrected chi connectivity index (χ0v) is 10.7.